The van der Waals surface area contributed by atoms with E-state index in [4.69, 9.17) is 14.2 Å². The van der Waals surface area contributed by atoms with Gasteiger partial charge in [0, 0.05) is 19.4 Å². The van der Waals surface area contributed by atoms with Crippen LogP contribution >= 0.6 is 0 Å². The number of carbonyl (C=O) groups excluding carboxylic acids is 2. The fourth-order valence-electron chi connectivity index (χ4n) is 2.29. The largest absolute Gasteiger partial charge is 0.504 e. The number of allylic oxidation sites excluding steroid dienone is 1. The molecule has 0 aromatic heterocycles. The highest BCUT2D eigenvalue weighted by atomic mass is 16.7. The van der Waals surface area contributed by atoms with Crippen LogP contribution in [0, 0.1) is 0 Å². The van der Waals surface area contributed by atoms with Crippen molar-refractivity contribution < 1.29 is 28.9 Å². The highest BCUT2D eigenvalue weighted by Gasteiger charge is 2.38. The molecular formula is C18H20O6. The molecule has 2 rings (SSSR count). The molecule has 0 saturated carbocycles. The number of cyclic esters (lactones) is 2. The second-order valence-electron chi connectivity index (χ2n) is 5.69. The van der Waals surface area contributed by atoms with Crippen molar-refractivity contribution in [3.63, 3.8) is 0 Å². The molecule has 1 aromatic rings. The third kappa shape index (κ3) is 3.76. The maximum atomic E-state index is 12.0. The van der Waals surface area contributed by atoms with E-state index in [1.165, 1.54) is 19.9 Å². The van der Waals surface area contributed by atoms with E-state index >= 15 is 0 Å². The average Bonchev–Trinajstić information content (AvgIpc) is 2.47. The van der Waals surface area contributed by atoms with Gasteiger partial charge in [0.05, 0.1) is 6.61 Å². The molecule has 128 valence electrons. The molecule has 1 fully saturated rings. The normalized spacial score (nSPS) is 16.2. The number of benzene rings is 1. The van der Waals surface area contributed by atoms with Crippen molar-refractivity contribution in [1.29, 1.82) is 0 Å². The van der Waals surface area contributed by atoms with Crippen LogP contribution in [0.15, 0.2) is 30.4 Å². The van der Waals surface area contributed by atoms with Crippen molar-refractivity contribution in [3.8, 4) is 11.5 Å². The summed E-state index contributed by atoms with van der Waals surface area (Å²) in [6.07, 6.45) is 3.40. The van der Waals surface area contributed by atoms with Crippen LogP contribution in [0.3, 0.4) is 0 Å². The van der Waals surface area contributed by atoms with Gasteiger partial charge >= 0.3 is 11.9 Å². The zero-order valence-electron chi connectivity index (χ0n) is 13.9. The minimum Gasteiger partial charge on any atom is -0.504 e. The monoisotopic (exact) mass is 332 g/mol. The van der Waals surface area contributed by atoms with Crippen LogP contribution in [0.4, 0.5) is 0 Å². The number of hydrogen-bond donors (Lipinski definition) is 1. The molecule has 1 heterocycles. The Morgan fingerprint density at radius 1 is 1.25 bits per heavy atom. The van der Waals surface area contributed by atoms with Crippen LogP contribution in [0.25, 0.3) is 6.08 Å². The number of hydrogen-bond acceptors (Lipinski definition) is 6. The lowest BCUT2D eigenvalue weighted by atomic mass is 10.0. The molecule has 1 saturated heterocycles. The quantitative estimate of drug-likeness (QED) is 0.386. The minimum atomic E-state index is -1.29. The molecule has 0 aliphatic carbocycles. The molecule has 6 heteroatoms. The van der Waals surface area contributed by atoms with Gasteiger partial charge in [-0.15, -0.1) is 6.58 Å². The van der Waals surface area contributed by atoms with Gasteiger partial charge < -0.3 is 19.3 Å². The second-order valence-corrected chi connectivity index (χ2v) is 5.69. The zero-order valence-corrected chi connectivity index (χ0v) is 13.9. The van der Waals surface area contributed by atoms with Crippen LogP contribution < -0.4 is 4.74 Å². The molecule has 24 heavy (non-hydrogen) atoms. The Balaban J connectivity index is 2.46. The van der Waals surface area contributed by atoms with E-state index in [1.54, 1.807) is 25.1 Å². The molecule has 0 amide bonds. The number of esters is 2. The third-order valence-corrected chi connectivity index (χ3v) is 3.27. The molecule has 0 atom stereocenters. The van der Waals surface area contributed by atoms with Crippen molar-refractivity contribution in [2.45, 2.75) is 33.0 Å². The summed E-state index contributed by atoms with van der Waals surface area (Å²) in [7, 11) is 0. The Morgan fingerprint density at radius 3 is 2.42 bits per heavy atom. The molecule has 0 radical (unpaired) electrons. The van der Waals surface area contributed by atoms with Crippen molar-refractivity contribution in [2.75, 3.05) is 6.61 Å². The maximum absolute atomic E-state index is 12.0. The second kappa shape index (κ2) is 6.78. The maximum Gasteiger partial charge on any atom is 0.348 e. The fraction of sp³-hybridized carbons (Fsp3) is 0.333. The summed E-state index contributed by atoms with van der Waals surface area (Å²) < 4.78 is 15.5. The van der Waals surface area contributed by atoms with E-state index in [2.05, 4.69) is 6.58 Å². The summed E-state index contributed by atoms with van der Waals surface area (Å²) in [6, 6.07) is 3.19. The Morgan fingerprint density at radius 2 is 1.88 bits per heavy atom. The SMILES string of the molecule is C=CCc1cc(C=C2C(=O)OC(C)(C)OC2=O)cc(OCC)c1O. The fourth-order valence-corrected chi connectivity index (χ4v) is 2.29. The van der Waals surface area contributed by atoms with Crippen LogP contribution in [-0.2, 0) is 25.5 Å². The lowest BCUT2D eigenvalue weighted by Crippen LogP contribution is -2.41. The van der Waals surface area contributed by atoms with Crippen molar-refractivity contribution in [2.24, 2.45) is 0 Å². The number of phenolic OH excluding ortho intramolecular Hbond substituents is 1. The van der Waals surface area contributed by atoms with Gasteiger partial charge in [-0.1, -0.05) is 6.08 Å². The van der Waals surface area contributed by atoms with Gasteiger partial charge in [0.2, 0.25) is 0 Å². The Labute approximate surface area is 140 Å². The Hall–Kier alpha value is -2.76. The molecular weight excluding hydrogens is 312 g/mol. The molecule has 1 aliphatic heterocycles. The first-order valence-electron chi connectivity index (χ1n) is 7.55. The summed E-state index contributed by atoms with van der Waals surface area (Å²) in [6.45, 7) is 8.75. The number of phenols is 1. The molecule has 1 aromatic carbocycles. The van der Waals surface area contributed by atoms with Gasteiger partial charge in [0.25, 0.3) is 5.79 Å². The minimum absolute atomic E-state index is 0.00818. The van der Waals surface area contributed by atoms with Crippen molar-refractivity contribution >= 4 is 18.0 Å². The van der Waals surface area contributed by atoms with Crippen LogP contribution in [0.2, 0.25) is 0 Å². The van der Waals surface area contributed by atoms with Gasteiger partial charge in [0.1, 0.15) is 5.57 Å². The lowest BCUT2D eigenvalue weighted by molar-refractivity contribution is -0.222. The summed E-state index contributed by atoms with van der Waals surface area (Å²) in [5, 5.41) is 10.2. The Kier molecular flexibility index (Phi) is 4.97. The highest BCUT2D eigenvalue weighted by molar-refractivity contribution is 6.18. The Bertz CT molecular complexity index is 692. The number of aromatic hydroxyl groups is 1. The van der Waals surface area contributed by atoms with E-state index in [-0.39, 0.29) is 17.1 Å². The first-order chi connectivity index (χ1) is 11.3. The third-order valence-electron chi connectivity index (χ3n) is 3.27. The topological polar surface area (TPSA) is 82.1 Å². The van der Waals surface area contributed by atoms with Gasteiger partial charge in [-0.2, -0.15) is 0 Å². The summed E-state index contributed by atoms with van der Waals surface area (Å²) in [4.78, 5) is 24.0. The molecule has 0 spiro atoms. The number of ether oxygens (including phenoxy) is 3. The van der Waals surface area contributed by atoms with Gasteiger partial charge in [-0.3, -0.25) is 0 Å². The first kappa shape index (κ1) is 17.6. The van der Waals surface area contributed by atoms with Crippen molar-refractivity contribution in [1.82, 2.24) is 0 Å². The van der Waals surface area contributed by atoms with E-state index < -0.39 is 17.7 Å². The molecule has 6 nitrogen and oxygen atoms in total. The average molecular weight is 332 g/mol. The predicted octanol–water partition coefficient (Wildman–Crippen LogP) is 2.74. The van der Waals surface area contributed by atoms with E-state index in [0.29, 0.717) is 24.2 Å². The van der Waals surface area contributed by atoms with Crippen LogP contribution in [0.5, 0.6) is 11.5 Å². The smallest absolute Gasteiger partial charge is 0.348 e. The molecule has 1 N–H and O–H groups in total. The van der Waals surface area contributed by atoms with E-state index in [9.17, 15) is 14.7 Å². The standard InChI is InChI=1S/C18H20O6/c1-5-7-12-8-11(10-14(15(12)19)22-6-2)9-13-16(20)23-18(3,4)24-17(13)21/h5,8-10,19H,1,6-7H2,2-4H3. The summed E-state index contributed by atoms with van der Waals surface area (Å²) in [5.41, 5.74) is 0.865. The molecule has 0 unspecified atom stereocenters. The van der Waals surface area contributed by atoms with Crippen LogP contribution in [-0.4, -0.2) is 29.4 Å². The first-order valence-corrected chi connectivity index (χ1v) is 7.55. The summed E-state index contributed by atoms with van der Waals surface area (Å²) >= 11 is 0. The number of carbonyl (C=O) groups is 2. The van der Waals surface area contributed by atoms with Crippen molar-refractivity contribution in [3.05, 3.63) is 41.5 Å². The summed E-state index contributed by atoms with van der Waals surface area (Å²) in [5.74, 6) is -2.53. The van der Waals surface area contributed by atoms with E-state index in [0.717, 1.165) is 0 Å². The molecule has 1 aliphatic rings. The zero-order chi connectivity index (χ0) is 17.9. The molecule has 0 bridgehead atoms. The van der Waals surface area contributed by atoms with Gasteiger partial charge in [0.15, 0.2) is 11.5 Å². The lowest BCUT2D eigenvalue weighted by Gasteiger charge is -2.29. The van der Waals surface area contributed by atoms with E-state index in [1.807, 2.05) is 0 Å². The van der Waals surface area contributed by atoms with Crippen LogP contribution in [0.1, 0.15) is 31.9 Å². The van der Waals surface area contributed by atoms with Gasteiger partial charge in [-0.05, 0) is 37.1 Å². The van der Waals surface area contributed by atoms with Gasteiger partial charge in [-0.25, -0.2) is 9.59 Å². The highest BCUT2D eigenvalue weighted by Crippen LogP contribution is 2.34. The predicted molar refractivity (Wildman–Crippen MR) is 87.4 cm³/mol. The number of rotatable bonds is 5.